The molecule has 1 heterocycles. The second-order valence-electron chi connectivity index (χ2n) is 10.1. The van der Waals surface area contributed by atoms with E-state index < -0.39 is 29.4 Å². The number of amides is 3. The van der Waals surface area contributed by atoms with E-state index in [1.54, 1.807) is 31.2 Å². The van der Waals surface area contributed by atoms with Crippen LogP contribution >= 0.6 is 0 Å². The predicted octanol–water partition coefficient (Wildman–Crippen LogP) is 3.03. The van der Waals surface area contributed by atoms with Gasteiger partial charge >= 0.3 is 5.97 Å². The highest BCUT2D eigenvalue weighted by Gasteiger charge is 2.62. The minimum absolute atomic E-state index is 0.0811. The van der Waals surface area contributed by atoms with E-state index in [2.05, 4.69) is 5.32 Å². The van der Waals surface area contributed by atoms with Crippen LogP contribution in [0.15, 0.2) is 48.5 Å². The Bertz CT molecular complexity index is 1250. The molecule has 2 saturated carbocycles. The van der Waals surface area contributed by atoms with Gasteiger partial charge in [-0.05, 0) is 49.7 Å². The maximum absolute atomic E-state index is 13.4. The highest BCUT2D eigenvalue weighted by molar-refractivity contribution is 6.08. The molecule has 2 bridgehead atoms. The average molecular weight is 506 g/mol. The Balaban J connectivity index is 1.30. The van der Waals surface area contributed by atoms with Crippen molar-refractivity contribution in [3.8, 4) is 0 Å². The summed E-state index contributed by atoms with van der Waals surface area (Å²) < 4.78 is 5.28. The van der Waals surface area contributed by atoms with E-state index >= 15 is 0 Å². The molecule has 5 atom stereocenters. The first-order chi connectivity index (χ1) is 17.7. The third-order valence-electron chi connectivity index (χ3n) is 7.85. The molecule has 0 radical (unpaired) electrons. The van der Waals surface area contributed by atoms with Gasteiger partial charge in [0, 0.05) is 23.7 Å². The van der Waals surface area contributed by atoms with Crippen LogP contribution in [0.2, 0.25) is 0 Å². The number of esters is 1. The van der Waals surface area contributed by atoms with Crippen molar-refractivity contribution in [3.63, 3.8) is 0 Å². The average Bonchev–Trinajstić information content (AvgIpc) is 3.56. The van der Waals surface area contributed by atoms with E-state index in [1.165, 1.54) is 18.2 Å². The number of rotatable bonds is 8. The van der Waals surface area contributed by atoms with Crippen LogP contribution in [-0.4, -0.2) is 46.2 Å². The van der Waals surface area contributed by atoms with Gasteiger partial charge in [0.05, 0.1) is 16.8 Å². The van der Waals surface area contributed by atoms with Gasteiger partial charge in [-0.25, -0.2) is 4.79 Å². The Hall–Kier alpha value is -4.08. The highest BCUT2D eigenvalue weighted by Crippen LogP contribution is 2.56. The van der Waals surface area contributed by atoms with Gasteiger partial charge in [-0.15, -0.1) is 0 Å². The summed E-state index contributed by atoms with van der Waals surface area (Å²) in [6, 6.07) is 12.1. The molecule has 2 aliphatic carbocycles. The molecular formula is C27H27N3O7. The fourth-order valence-corrected chi connectivity index (χ4v) is 6.17. The zero-order valence-electron chi connectivity index (χ0n) is 20.3. The number of nitro groups is 1. The molecule has 1 aliphatic heterocycles. The topological polar surface area (TPSA) is 136 Å². The van der Waals surface area contributed by atoms with Crippen molar-refractivity contribution in [2.75, 3.05) is 11.9 Å². The van der Waals surface area contributed by atoms with Crippen molar-refractivity contribution in [3.05, 3.63) is 69.8 Å². The number of nitro benzene ring substituents is 1. The molecule has 0 spiro atoms. The second kappa shape index (κ2) is 9.76. The van der Waals surface area contributed by atoms with Gasteiger partial charge in [0.1, 0.15) is 6.04 Å². The summed E-state index contributed by atoms with van der Waals surface area (Å²) in [5, 5.41) is 13.6. The molecule has 5 rings (SSSR count). The van der Waals surface area contributed by atoms with Gasteiger partial charge in [-0.2, -0.15) is 0 Å². The molecule has 192 valence electrons. The molecule has 37 heavy (non-hydrogen) atoms. The molecule has 10 heteroatoms. The van der Waals surface area contributed by atoms with Crippen molar-refractivity contribution < 1.29 is 28.8 Å². The number of likely N-dealkylation sites (tertiary alicyclic amines) is 1. The summed E-state index contributed by atoms with van der Waals surface area (Å²) in [4.78, 5) is 64.1. The Morgan fingerprint density at radius 3 is 2.35 bits per heavy atom. The summed E-state index contributed by atoms with van der Waals surface area (Å²) in [6.45, 7) is 0.916. The van der Waals surface area contributed by atoms with Crippen molar-refractivity contribution in [2.24, 2.45) is 23.7 Å². The molecule has 0 aromatic heterocycles. The van der Waals surface area contributed by atoms with Gasteiger partial charge in [0.25, 0.3) is 11.6 Å². The number of carbonyl (C=O) groups excluding carboxylic acids is 4. The fourth-order valence-electron chi connectivity index (χ4n) is 6.17. The monoisotopic (exact) mass is 505 g/mol. The lowest BCUT2D eigenvalue weighted by molar-refractivity contribution is -0.385. The molecule has 1 N–H and O–H groups in total. The lowest BCUT2D eigenvalue weighted by Gasteiger charge is -2.26. The molecule has 1 saturated heterocycles. The summed E-state index contributed by atoms with van der Waals surface area (Å²) in [5.74, 6) is -2.59. The molecule has 10 nitrogen and oxygen atoms in total. The van der Waals surface area contributed by atoms with E-state index in [4.69, 9.17) is 4.74 Å². The first-order valence-electron chi connectivity index (χ1n) is 12.4. The summed E-state index contributed by atoms with van der Waals surface area (Å²) in [7, 11) is 0. The molecule has 3 aliphatic rings. The van der Waals surface area contributed by atoms with E-state index in [1.807, 2.05) is 6.07 Å². The number of carbonyl (C=O) groups is 4. The van der Waals surface area contributed by atoms with E-state index in [-0.39, 0.29) is 53.3 Å². The zero-order valence-corrected chi connectivity index (χ0v) is 20.3. The number of aryl methyl sites for hydroxylation is 1. The Morgan fingerprint density at radius 2 is 1.73 bits per heavy atom. The minimum atomic E-state index is -1.18. The first kappa shape index (κ1) is 24.6. The van der Waals surface area contributed by atoms with Gasteiger partial charge in [0.2, 0.25) is 11.8 Å². The molecule has 0 unspecified atom stereocenters. The largest absolute Gasteiger partial charge is 0.454 e. The quantitative estimate of drug-likeness (QED) is 0.252. The van der Waals surface area contributed by atoms with Crippen LogP contribution in [0.5, 0.6) is 0 Å². The fraction of sp³-hybridized carbons (Fsp3) is 0.407. The number of nitrogens with one attached hydrogen (secondary N) is 1. The van der Waals surface area contributed by atoms with Crippen LogP contribution in [0.3, 0.4) is 0 Å². The van der Waals surface area contributed by atoms with E-state index in [0.29, 0.717) is 5.56 Å². The Labute approximate surface area is 213 Å². The molecule has 2 aromatic carbocycles. The zero-order chi connectivity index (χ0) is 26.3. The third-order valence-corrected chi connectivity index (χ3v) is 7.85. The molecule has 3 amide bonds. The van der Waals surface area contributed by atoms with E-state index in [9.17, 15) is 29.3 Å². The number of nitrogens with zero attached hydrogens (tertiary/aromatic N) is 2. The molecular weight excluding hydrogens is 478 g/mol. The first-order valence-corrected chi connectivity index (χ1v) is 12.4. The maximum Gasteiger partial charge on any atom is 0.330 e. The second-order valence-corrected chi connectivity index (χ2v) is 10.1. The van der Waals surface area contributed by atoms with Crippen molar-refractivity contribution >= 4 is 35.1 Å². The summed E-state index contributed by atoms with van der Waals surface area (Å²) in [5.41, 5.74) is 1.23. The smallest absolute Gasteiger partial charge is 0.330 e. The number of fused-ring (bicyclic) bond motifs is 5. The SMILES string of the molecule is Cc1ccc(NC(=O)COC(=O)[C@H](Cc2ccccc2)N2C(=O)[C@@H]3[C@H]4CC[C@@H](C4)[C@H]3C2=O)cc1[N+](=O)[O-]. The number of imide groups is 1. The summed E-state index contributed by atoms with van der Waals surface area (Å²) >= 11 is 0. The van der Waals surface area contributed by atoms with Crippen molar-refractivity contribution in [1.82, 2.24) is 4.90 Å². The minimum Gasteiger partial charge on any atom is -0.454 e. The van der Waals surface area contributed by atoms with Crippen LogP contribution in [-0.2, 0) is 30.3 Å². The van der Waals surface area contributed by atoms with Crippen LogP contribution in [0.25, 0.3) is 0 Å². The lowest BCUT2D eigenvalue weighted by atomic mass is 9.81. The van der Waals surface area contributed by atoms with Crippen LogP contribution < -0.4 is 5.32 Å². The van der Waals surface area contributed by atoms with Crippen molar-refractivity contribution in [1.29, 1.82) is 0 Å². The highest BCUT2D eigenvalue weighted by atomic mass is 16.6. The number of ether oxygens (including phenoxy) is 1. The van der Waals surface area contributed by atoms with Gasteiger partial charge in [-0.3, -0.25) is 29.4 Å². The number of anilines is 1. The lowest BCUT2D eigenvalue weighted by Crippen LogP contribution is -2.48. The summed E-state index contributed by atoms with van der Waals surface area (Å²) in [6.07, 6.45) is 2.80. The molecule has 3 fully saturated rings. The van der Waals surface area contributed by atoms with Crippen LogP contribution in [0, 0.1) is 40.7 Å². The van der Waals surface area contributed by atoms with Crippen molar-refractivity contribution in [2.45, 2.75) is 38.6 Å². The maximum atomic E-state index is 13.4. The van der Waals surface area contributed by atoms with Crippen LogP contribution in [0.4, 0.5) is 11.4 Å². The number of hydrogen-bond acceptors (Lipinski definition) is 7. The van der Waals surface area contributed by atoms with Gasteiger partial charge < -0.3 is 10.1 Å². The van der Waals surface area contributed by atoms with Gasteiger partial charge in [-0.1, -0.05) is 36.4 Å². The third kappa shape index (κ3) is 4.59. The number of hydrogen-bond donors (Lipinski definition) is 1. The normalized spacial score (nSPS) is 24.6. The number of benzene rings is 2. The van der Waals surface area contributed by atoms with E-state index in [0.717, 1.165) is 29.7 Å². The molecule has 2 aromatic rings. The Kier molecular flexibility index (Phi) is 6.49. The van der Waals surface area contributed by atoms with Crippen LogP contribution in [0.1, 0.15) is 30.4 Å². The Morgan fingerprint density at radius 1 is 1.08 bits per heavy atom. The standard InChI is InChI=1S/C27H27N3O7/c1-15-7-10-19(13-20(15)30(35)36)28-22(31)14-37-27(34)21(11-16-5-3-2-4-6-16)29-25(32)23-17-8-9-18(12-17)24(23)26(29)33/h2-7,10,13,17-18,21,23-24H,8-9,11-12,14H2,1H3,(H,28,31)/t17-,18-,21-,23+,24+/m0/s1. The van der Waals surface area contributed by atoms with Gasteiger partial charge in [0.15, 0.2) is 6.61 Å². The predicted molar refractivity (Wildman–Crippen MR) is 131 cm³/mol.